The summed E-state index contributed by atoms with van der Waals surface area (Å²) in [5, 5.41) is 19.6. The molecule has 1 saturated heterocycles. The van der Waals surface area contributed by atoms with E-state index in [4.69, 9.17) is 5.10 Å². The van der Waals surface area contributed by atoms with Crippen molar-refractivity contribution in [1.82, 2.24) is 29.2 Å². The average molecular weight is 515 g/mol. The fourth-order valence-electron chi connectivity index (χ4n) is 5.92. The molecule has 0 N–H and O–H groups in total. The number of aromatic nitrogens is 4. The van der Waals surface area contributed by atoms with E-state index in [9.17, 15) is 14.4 Å². The molecule has 6 rings (SSSR count). The number of pyridine rings is 1. The Morgan fingerprint density at radius 1 is 1.21 bits per heavy atom. The third kappa shape index (κ3) is 4.07. The Morgan fingerprint density at radius 2 is 2.00 bits per heavy atom. The number of likely N-dealkylation sites (N-methyl/N-ethyl adjacent to an activating group) is 1. The summed E-state index contributed by atoms with van der Waals surface area (Å²) in [5.41, 5.74) is 4.74. The molecule has 0 aliphatic carbocycles. The molecule has 1 aromatic carbocycles. The molecule has 38 heavy (non-hydrogen) atoms. The van der Waals surface area contributed by atoms with Gasteiger partial charge in [0.05, 0.1) is 42.2 Å². The Morgan fingerprint density at radius 3 is 2.74 bits per heavy atom. The fraction of sp³-hybridized carbons (Fsp3) is 0.429. The quantitative estimate of drug-likeness (QED) is 0.414. The predicted octanol–water partition coefficient (Wildman–Crippen LogP) is 3.54. The Hall–Kier alpha value is -3.97. The van der Waals surface area contributed by atoms with E-state index in [1.54, 1.807) is 25.1 Å². The lowest BCUT2D eigenvalue weighted by molar-refractivity contribution is -0.130. The largest absolute Gasteiger partial charge is 0.362 e. The van der Waals surface area contributed by atoms with Crippen LogP contribution in [-0.2, 0) is 11.3 Å². The minimum absolute atomic E-state index is 0.0914. The van der Waals surface area contributed by atoms with Crippen molar-refractivity contribution >= 4 is 28.0 Å². The van der Waals surface area contributed by atoms with Crippen molar-refractivity contribution < 1.29 is 9.18 Å². The van der Waals surface area contributed by atoms with Gasteiger partial charge < -0.3 is 9.80 Å². The van der Waals surface area contributed by atoms with Crippen LogP contribution in [0.3, 0.4) is 0 Å². The van der Waals surface area contributed by atoms with Crippen molar-refractivity contribution in [2.24, 2.45) is 0 Å². The minimum atomic E-state index is -0.435. The number of fused-ring (bicyclic) bond motifs is 4. The first-order valence-corrected chi connectivity index (χ1v) is 13.1. The zero-order valence-electron chi connectivity index (χ0n) is 21.9. The lowest BCUT2D eigenvalue weighted by atomic mass is 9.89. The van der Waals surface area contributed by atoms with Gasteiger partial charge in [-0.15, -0.1) is 0 Å². The van der Waals surface area contributed by atoms with E-state index in [-0.39, 0.29) is 11.9 Å². The molecule has 10 heteroatoms. The first-order chi connectivity index (χ1) is 18.3. The molecular weight excluding hydrogens is 483 g/mol. The van der Waals surface area contributed by atoms with E-state index in [0.29, 0.717) is 36.8 Å². The third-order valence-electron chi connectivity index (χ3n) is 8.03. The van der Waals surface area contributed by atoms with E-state index in [1.165, 1.54) is 16.3 Å². The van der Waals surface area contributed by atoms with Gasteiger partial charge in [0.25, 0.3) is 0 Å². The maximum atomic E-state index is 14.7. The molecule has 0 radical (unpaired) electrons. The van der Waals surface area contributed by atoms with Gasteiger partial charge in [-0.3, -0.25) is 14.4 Å². The number of carbonyl (C=O) groups is 1. The van der Waals surface area contributed by atoms with Crippen molar-refractivity contribution in [3.8, 4) is 6.07 Å². The Labute approximate surface area is 220 Å². The number of halogens is 1. The maximum Gasteiger partial charge on any atom is 0.236 e. The van der Waals surface area contributed by atoms with Gasteiger partial charge in [-0.1, -0.05) is 12.1 Å². The number of piperidine rings is 1. The molecular formula is C28H31FN8O. The van der Waals surface area contributed by atoms with E-state index >= 15 is 0 Å². The smallest absolute Gasteiger partial charge is 0.236 e. The summed E-state index contributed by atoms with van der Waals surface area (Å²) in [4.78, 5) is 18.1. The second-order valence-electron chi connectivity index (χ2n) is 10.7. The van der Waals surface area contributed by atoms with Crippen LogP contribution < -0.4 is 4.90 Å². The number of amides is 1. The molecule has 9 nitrogen and oxygen atoms in total. The summed E-state index contributed by atoms with van der Waals surface area (Å²) in [6.07, 6.45) is 3.21. The summed E-state index contributed by atoms with van der Waals surface area (Å²) in [6, 6.07) is 12.3. The number of rotatable bonds is 4. The Bertz CT molecular complexity index is 1570. The van der Waals surface area contributed by atoms with E-state index < -0.39 is 5.82 Å². The molecule has 0 unspecified atom stereocenters. The summed E-state index contributed by atoms with van der Waals surface area (Å²) in [6.45, 7) is 5.70. The second-order valence-corrected chi connectivity index (χ2v) is 10.7. The Kier molecular flexibility index (Phi) is 6.03. The zero-order chi connectivity index (χ0) is 26.6. The van der Waals surface area contributed by atoms with Gasteiger partial charge in [0, 0.05) is 26.0 Å². The van der Waals surface area contributed by atoms with Gasteiger partial charge in [-0.05, 0) is 62.5 Å². The number of nitrogens with zero attached hydrogens (tertiary/aromatic N) is 8. The van der Waals surface area contributed by atoms with Crippen LogP contribution in [0.4, 0.5) is 10.1 Å². The van der Waals surface area contributed by atoms with Crippen molar-refractivity contribution in [2.45, 2.75) is 38.3 Å². The molecule has 5 heterocycles. The van der Waals surface area contributed by atoms with E-state index in [1.807, 2.05) is 6.07 Å². The standard InChI is InChI=1S/C28H31FN8O/c1-18-15-35(25-7-5-21(13-30)37-28(25)23(29)14-31-37)16-26-22-6-4-20(12-24(22)32-36(18)26)19-8-10-34(11-9-19)17-27(38)33(2)3/h4-7,12,14,18-19H,8-11,15-17H2,1-3H3/t18-/m1/s1. The molecule has 196 valence electrons. The second kappa shape index (κ2) is 9.40. The molecule has 1 amide bonds. The van der Waals surface area contributed by atoms with Crippen LogP contribution in [0.2, 0.25) is 0 Å². The van der Waals surface area contributed by atoms with Crippen LogP contribution in [0, 0.1) is 17.1 Å². The topological polar surface area (TPSA) is 85.7 Å². The maximum absolute atomic E-state index is 14.7. The molecule has 2 aliphatic heterocycles. The highest BCUT2D eigenvalue weighted by molar-refractivity contribution is 5.84. The summed E-state index contributed by atoms with van der Waals surface area (Å²) in [7, 11) is 3.60. The highest BCUT2D eigenvalue weighted by Crippen LogP contribution is 2.36. The van der Waals surface area contributed by atoms with Crippen LogP contribution in [-0.4, -0.2) is 75.4 Å². The van der Waals surface area contributed by atoms with Crippen LogP contribution >= 0.6 is 0 Å². The van der Waals surface area contributed by atoms with Crippen molar-refractivity contribution in [3.05, 3.63) is 59.3 Å². The van der Waals surface area contributed by atoms with Gasteiger partial charge in [-0.2, -0.15) is 15.5 Å². The highest BCUT2D eigenvalue weighted by Gasteiger charge is 2.29. The summed E-state index contributed by atoms with van der Waals surface area (Å²) < 4.78 is 18.2. The van der Waals surface area contributed by atoms with Crippen LogP contribution in [0.25, 0.3) is 16.4 Å². The molecule has 0 bridgehead atoms. The lowest BCUT2D eigenvalue weighted by Crippen LogP contribution is -2.40. The lowest BCUT2D eigenvalue weighted by Gasteiger charge is -2.34. The van der Waals surface area contributed by atoms with Gasteiger partial charge in [0.1, 0.15) is 17.3 Å². The minimum Gasteiger partial charge on any atom is -0.362 e. The number of carbonyl (C=O) groups excluding carboxylic acids is 1. The van der Waals surface area contributed by atoms with Gasteiger partial charge in [0.2, 0.25) is 5.91 Å². The Balaban J connectivity index is 1.25. The van der Waals surface area contributed by atoms with E-state index in [0.717, 1.165) is 48.2 Å². The molecule has 0 spiro atoms. The zero-order valence-corrected chi connectivity index (χ0v) is 21.9. The fourth-order valence-corrected chi connectivity index (χ4v) is 5.92. The van der Waals surface area contributed by atoms with Crippen LogP contribution in [0.15, 0.2) is 36.5 Å². The summed E-state index contributed by atoms with van der Waals surface area (Å²) >= 11 is 0. The SMILES string of the molecule is C[C@@H]1CN(c2ccc(C#N)n3ncc(F)c23)Cc2c3ccc(C4CCN(CC(=O)N(C)C)CC4)cc3nn21. The van der Waals surface area contributed by atoms with Crippen molar-refractivity contribution in [1.29, 1.82) is 5.26 Å². The number of hydrogen-bond donors (Lipinski definition) is 0. The molecule has 3 aromatic heterocycles. The normalized spacial score (nSPS) is 18.6. The first kappa shape index (κ1) is 24.4. The van der Waals surface area contributed by atoms with E-state index in [2.05, 4.69) is 50.8 Å². The van der Waals surface area contributed by atoms with Gasteiger partial charge in [0.15, 0.2) is 5.82 Å². The number of nitriles is 1. The van der Waals surface area contributed by atoms with Crippen molar-refractivity contribution in [3.63, 3.8) is 0 Å². The average Bonchev–Trinajstić information content (AvgIpc) is 3.49. The molecule has 4 aromatic rings. The number of likely N-dealkylation sites (tertiary alicyclic amines) is 1. The molecule has 2 aliphatic rings. The first-order valence-electron chi connectivity index (χ1n) is 13.1. The molecule has 1 fully saturated rings. The molecule has 1 atom stereocenters. The molecule has 0 saturated carbocycles. The van der Waals surface area contributed by atoms with Crippen molar-refractivity contribution in [2.75, 3.05) is 45.2 Å². The third-order valence-corrected chi connectivity index (χ3v) is 8.03. The van der Waals surface area contributed by atoms with Crippen LogP contribution in [0.1, 0.15) is 48.7 Å². The van der Waals surface area contributed by atoms with Gasteiger partial charge >= 0.3 is 0 Å². The predicted molar refractivity (Wildman–Crippen MR) is 142 cm³/mol. The van der Waals surface area contributed by atoms with Gasteiger partial charge in [-0.25, -0.2) is 8.91 Å². The van der Waals surface area contributed by atoms with Crippen LogP contribution in [0.5, 0.6) is 0 Å². The number of anilines is 1. The number of hydrogen-bond acceptors (Lipinski definition) is 6. The number of benzene rings is 1. The monoisotopic (exact) mass is 514 g/mol. The highest BCUT2D eigenvalue weighted by atomic mass is 19.1. The summed E-state index contributed by atoms with van der Waals surface area (Å²) in [5.74, 6) is 0.166.